The smallest absolute Gasteiger partial charge is 0.185 e. The summed E-state index contributed by atoms with van der Waals surface area (Å²) in [7, 11) is 0. The number of rotatable bonds is 2. The topological polar surface area (TPSA) is 47.8 Å². The Hall–Kier alpha value is -1.71. The number of hydrogen-bond donors (Lipinski definition) is 0. The van der Waals surface area contributed by atoms with Crippen molar-refractivity contribution in [2.24, 2.45) is 0 Å². The van der Waals surface area contributed by atoms with Crippen LogP contribution in [0.3, 0.4) is 0 Å². The molecule has 0 atom stereocenters. The average molecular weight is 189 g/mol. The van der Waals surface area contributed by atoms with Crippen molar-refractivity contribution in [3.8, 4) is 0 Å². The van der Waals surface area contributed by atoms with Gasteiger partial charge in [0.15, 0.2) is 17.8 Å². The Balaban J connectivity index is 2.80. The highest BCUT2D eigenvalue weighted by Gasteiger charge is 2.12. The molecule has 0 bridgehead atoms. The van der Waals surface area contributed by atoms with Crippen LogP contribution in [-0.4, -0.2) is 20.8 Å². The molecular weight excluding hydrogens is 178 g/mol. The molecule has 72 valence electrons. The number of pyridine rings is 1. The summed E-state index contributed by atoms with van der Waals surface area (Å²) in [6.45, 7) is 4.01. The van der Waals surface area contributed by atoms with Crippen molar-refractivity contribution in [2.45, 2.75) is 19.9 Å². The monoisotopic (exact) mass is 189 g/mol. The second-order valence-corrected chi connectivity index (χ2v) is 3.40. The highest BCUT2D eigenvalue weighted by Crippen LogP contribution is 2.17. The Morgan fingerprint density at radius 3 is 2.93 bits per heavy atom. The van der Waals surface area contributed by atoms with E-state index in [1.54, 1.807) is 6.20 Å². The minimum Gasteiger partial charge on any atom is -0.304 e. The Bertz CT molecular complexity index is 473. The van der Waals surface area contributed by atoms with Gasteiger partial charge in [-0.3, -0.25) is 4.79 Å². The Kier molecular flexibility index (Phi) is 2.04. The highest BCUT2D eigenvalue weighted by atomic mass is 16.1. The predicted molar refractivity (Wildman–Crippen MR) is 53.3 cm³/mol. The van der Waals surface area contributed by atoms with Crippen LogP contribution in [0.25, 0.3) is 11.2 Å². The zero-order valence-electron chi connectivity index (χ0n) is 8.14. The number of hydrogen-bond acceptors (Lipinski definition) is 3. The molecule has 0 aliphatic carbocycles. The lowest BCUT2D eigenvalue weighted by Gasteiger charge is -2.08. The van der Waals surface area contributed by atoms with Gasteiger partial charge in [-0.2, -0.15) is 0 Å². The van der Waals surface area contributed by atoms with Crippen LogP contribution in [0.15, 0.2) is 18.3 Å². The van der Waals surface area contributed by atoms with Crippen molar-refractivity contribution in [1.29, 1.82) is 0 Å². The lowest BCUT2D eigenvalue weighted by atomic mass is 10.3. The number of carbonyl (C=O) groups is 1. The summed E-state index contributed by atoms with van der Waals surface area (Å²) < 4.78 is 1.84. The van der Waals surface area contributed by atoms with E-state index in [9.17, 15) is 4.79 Å². The van der Waals surface area contributed by atoms with Crippen LogP contribution < -0.4 is 0 Å². The van der Waals surface area contributed by atoms with Crippen LogP contribution in [0.2, 0.25) is 0 Å². The summed E-state index contributed by atoms with van der Waals surface area (Å²) in [6, 6.07) is 3.86. The van der Waals surface area contributed by atoms with Gasteiger partial charge in [-0.25, -0.2) is 9.97 Å². The first-order valence-corrected chi connectivity index (χ1v) is 4.52. The van der Waals surface area contributed by atoms with E-state index in [2.05, 4.69) is 9.97 Å². The SMILES string of the molecule is CC(C)n1c(C=O)nc2cccnc21. The van der Waals surface area contributed by atoms with E-state index in [4.69, 9.17) is 0 Å². The van der Waals surface area contributed by atoms with Crippen molar-refractivity contribution in [3.63, 3.8) is 0 Å². The van der Waals surface area contributed by atoms with Gasteiger partial charge in [-0.15, -0.1) is 0 Å². The highest BCUT2D eigenvalue weighted by molar-refractivity contribution is 5.80. The summed E-state index contributed by atoms with van der Waals surface area (Å²) in [5.41, 5.74) is 1.54. The zero-order chi connectivity index (χ0) is 10.1. The summed E-state index contributed by atoms with van der Waals surface area (Å²) in [5, 5.41) is 0. The van der Waals surface area contributed by atoms with Crippen molar-refractivity contribution >= 4 is 17.5 Å². The first-order chi connectivity index (χ1) is 6.74. The standard InChI is InChI=1S/C10H11N3O/c1-7(2)13-9(6-14)12-8-4-3-5-11-10(8)13/h3-7H,1-2H3. The van der Waals surface area contributed by atoms with Crippen LogP contribution in [0.1, 0.15) is 30.5 Å². The van der Waals surface area contributed by atoms with Gasteiger partial charge in [0, 0.05) is 12.2 Å². The molecule has 2 rings (SSSR count). The molecule has 4 nitrogen and oxygen atoms in total. The number of aromatic nitrogens is 3. The van der Waals surface area contributed by atoms with Crippen molar-refractivity contribution in [1.82, 2.24) is 14.5 Å². The third-order valence-electron chi connectivity index (χ3n) is 2.10. The van der Waals surface area contributed by atoms with Gasteiger partial charge in [-0.1, -0.05) is 0 Å². The molecule has 0 aliphatic rings. The van der Waals surface area contributed by atoms with E-state index in [0.29, 0.717) is 5.82 Å². The Labute approximate surface area is 81.6 Å². The first-order valence-electron chi connectivity index (χ1n) is 4.52. The number of nitrogens with zero attached hydrogens (tertiary/aromatic N) is 3. The van der Waals surface area contributed by atoms with Crippen molar-refractivity contribution < 1.29 is 4.79 Å². The van der Waals surface area contributed by atoms with Crippen LogP contribution in [0, 0.1) is 0 Å². The van der Waals surface area contributed by atoms with E-state index in [1.807, 2.05) is 30.5 Å². The maximum absolute atomic E-state index is 10.8. The van der Waals surface area contributed by atoms with Gasteiger partial charge < -0.3 is 4.57 Å². The molecule has 0 unspecified atom stereocenters. The largest absolute Gasteiger partial charge is 0.304 e. The van der Waals surface area contributed by atoms with E-state index in [1.165, 1.54) is 0 Å². The summed E-state index contributed by atoms with van der Waals surface area (Å²) in [5.74, 6) is 0.439. The van der Waals surface area contributed by atoms with E-state index in [-0.39, 0.29) is 6.04 Å². The molecule has 2 aromatic rings. The molecule has 0 saturated heterocycles. The molecule has 0 amide bonds. The normalized spacial score (nSPS) is 11.1. The van der Waals surface area contributed by atoms with E-state index in [0.717, 1.165) is 17.5 Å². The molecule has 0 radical (unpaired) electrons. The second kappa shape index (κ2) is 3.21. The summed E-state index contributed by atoms with van der Waals surface area (Å²) in [4.78, 5) is 19.2. The molecule has 0 fully saturated rings. The fourth-order valence-corrected chi connectivity index (χ4v) is 1.54. The maximum Gasteiger partial charge on any atom is 0.185 e. The fourth-order valence-electron chi connectivity index (χ4n) is 1.54. The molecule has 14 heavy (non-hydrogen) atoms. The average Bonchev–Trinajstić information content (AvgIpc) is 2.55. The molecule has 0 N–H and O–H groups in total. The first kappa shape index (κ1) is 8.87. The fraction of sp³-hybridized carbons (Fsp3) is 0.300. The molecule has 4 heteroatoms. The minimum atomic E-state index is 0.190. The lowest BCUT2D eigenvalue weighted by Crippen LogP contribution is -2.05. The Morgan fingerprint density at radius 1 is 1.50 bits per heavy atom. The number of carbonyl (C=O) groups excluding carboxylic acids is 1. The predicted octanol–water partition coefficient (Wildman–Crippen LogP) is 1.82. The van der Waals surface area contributed by atoms with E-state index >= 15 is 0 Å². The van der Waals surface area contributed by atoms with Gasteiger partial charge in [0.25, 0.3) is 0 Å². The van der Waals surface area contributed by atoms with E-state index < -0.39 is 0 Å². The third kappa shape index (κ3) is 1.19. The second-order valence-electron chi connectivity index (χ2n) is 3.40. The van der Waals surface area contributed by atoms with Gasteiger partial charge in [0.05, 0.1) is 0 Å². The van der Waals surface area contributed by atoms with Crippen molar-refractivity contribution in [3.05, 3.63) is 24.2 Å². The Morgan fingerprint density at radius 2 is 2.29 bits per heavy atom. The molecule has 0 saturated carbocycles. The minimum absolute atomic E-state index is 0.190. The number of imidazole rings is 1. The van der Waals surface area contributed by atoms with Crippen LogP contribution in [-0.2, 0) is 0 Å². The lowest BCUT2D eigenvalue weighted by molar-refractivity contribution is 0.111. The molecule has 2 aromatic heterocycles. The van der Waals surface area contributed by atoms with Gasteiger partial charge in [-0.05, 0) is 26.0 Å². The molecule has 0 aliphatic heterocycles. The van der Waals surface area contributed by atoms with Gasteiger partial charge in [0.1, 0.15) is 5.52 Å². The molecular formula is C10H11N3O. The maximum atomic E-state index is 10.8. The summed E-state index contributed by atoms with van der Waals surface area (Å²) in [6.07, 6.45) is 2.47. The van der Waals surface area contributed by atoms with Crippen LogP contribution in [0.5, 0.6) is 0 Å². The quantitative estimate of drug-likeness (QED) is 0.677. The van der Waals surface area contributed by atoms with Crippen LogP contribution in [0.4, 0.5) is 0 Å². The molecule has 2 heterocycles. The van der Waals surface area contributed by atoms with Crippen LogP contribution >= 0.6 is 0 Å². The van der Waals surface area contributed by atoms with Gasteiger partial charge >= 0.3 is 0 Å². The number of fused-ring (bicyclic) bond motifs is 1. The summed E-state index contributed by atoms with van der Waals surface area (Å²) >= 11 is 0. The van der Waals surface area contributed by atoms with Gasteiger partial charge in [0.2, 0.25) is 0 Å². The number of aldehydes is 1. The molecule has 0 spiro atoms. The zero-order valence-corrected chi connectivity index (χ0v) is 8.14. The molecule has 0 aromatic carbocycles. The van der Waals surface area contributed by atoms with Crippen molar-refractivity contribution in [2.75, 3.05) is 0 Å². The third-order valence-corrected chi connectivity index (χ3v) is 2.10.